The van der Waals surface area contributed by atoms with E-state index in [1.54, 1.807) is 0 Å². The van der Waals surface area contributed by atoms with Crippen LogP contribution in [0.3, 0.4) is 0 Å². The van der Waals surface area contributed by atoms with Crippen LogP contribution in [0.4, 0.5) is 0 Å². The second-order valence-electron chi connectivity index (χ2n) is 7.05. The molecule has 0 amide bonds. The summed E-state index contributed by atoms with van der Waals surface area (Å²) < 4.78 is 0. The average molecular weight is 215 g/mol. The van der Waals surface area contributed by atoms with Crippen molar-refractivity contribution in [2.24, 2.45) is 28.0 Å². The van der Waals surface area contributed by atoms with Gasteiger partial charge in [0.1, 0.15) is 0 Å². The predicted octanol–water partition coefficient (Wildman–Crippen LogP) is 1.45. The molecule has 0 heterocycles. The highest BCUT2D eigenvalue weighted by Gasteiger charge is 2.44. The summed E-state index contributed by atoms with van der Waals surface area (Å²) in [4.78, 5) is 0. The number of hydrogen-bond acceptors (Lipinski definition) is 3. The molecule has 0 aliphatic carbocycles. The summed E-state index contributed by atoms with van der Waals surface area (Å²) in [6.45, 7) is 14.5. The van der Waals surface area contributed by atoms with Crippen LogP contribution in [0.5, 0.6) is 0 Å². The fraction of sp³-hybridized carbons (Fsp3) is 1.00. The lowest BCUT2D eigenvalue weighted by atomic mass is 9.67. The highest BCUT2D eigenvalue weighted by Crippen LogP contribution is 2.32. The topological polar surface area (TPSA) is 78.1 Å². The first kappa shape index (κ1) is 14.9. The Morgan fingerprint density at radius 1 is 0.667 bits per heavy atom. The summed E-state index contributed by atoms with van der Waals surface area (Å²) in [7, 11) is 0. The Hall–Kier alpha value is -0.120. The molecule has 0 aromatic rings. The molecule has 6 N–H and O–H groups in total. The maximum atomic E-state index is 6.33. The molecule has 0 aliphatic rings. The quantitative estimate of drug-likeness (QED) is 0.652. The van der Waals surface area contributed by atoms with Crippen LogP contribution >= 0.6 is 0 Å². The lowest BCUT2D eigenvalue weighted by Crippen LogP contribution is -2.70. The molecule has 0 aromatic heterocycles. The molecule has 2 unspecified atom stereocenters. The number of hydrogen-bond donors (Lipinski definition) is 3. The van der Waals surface area contributed by atoms with Gasteiger partial charge in [-0.15, -0.1) is 0 Å². The summed E-state index contributed by atoms with van der Waals surface area (Å²) in [6.07, 6.45) is 0. The molecule has 3 nitrogen and oxygen atoms in total. The van der Waals surface area contributed by atoms with E-state index in [0.29, 0.717) is 0 Å². The van der Waals surface area contributed by atoms with E-state index in [2.05, 4.69) is 41.5 Å². The first-order valence-electron chi connectivity index (χ1n) is 5.61. The second-order valence-corrected chi connectivity index (χ2v) is 7.05. The van der Waals surface area contributed by atoms with Gasteiger partial charge in [0, 0.05) is 17.6 Å². The maximum Gasteiger partial charge on any atom is 0.0442 e. The van der Waals surface area contributed by atoms with Crippen LogP contribution in [-0.2, 0) is 0 Å². The van der Waals surface area contributed by atoms with Gasteiger partial charge in [0.05, 0.1) is 0 Å². The van der Waals surface area contributed by atoms with Crippen LogP contribution in [0.1, 0.15) is 48.5 Å². The molecule has 92 valence electrons. The standard InChI is InChI=1S/C12H29N3/c1-10(2,3)8(13)12(7,15)9(14)11(4,5)6/h8-9H,13-15H2,1-7H3. The summed E-state index contributed by atoms with van der Waals surface area (Å²) >= 11 is 0. The van der Waals surface area contributed by atoms with E-state index in [4.69, 9.17) is 17.2 Å². The van der Waals surface area contributed by atoms with Crippen LogP contribution in [0.15, 0.2) is 0 Å². The zero-order valence-electron chi connectivity index (χ0n) is 11.4. The summed E-state index contributed by atoms with van der Waals surface area (Å²) in [5, 5.41) is 0. The minimum atomic E-state index is -0.559. The van der Waals surface area contributed by atoms with Crippen molar-refractivity contribution in [2.75, 3.05) is 0 Å². The lowest BCUT2D eigenvalue weighted by molar-refractivity contribution is 0.132. The van der Waals surface area contributed by atoms with Crippen LogP contribution in [0, 0.1) is 10.8 Å². The summed E-state index contributed by atoms with van der Waals surface area (Å²) in [6, 6.07) is -0.251. The van der Waals surface area contributed by atoms with Crippen molar-refractivity contribution in [3.8, 4) is 0 Å². The van der Waals surface area contributed by atoms with Crippen LogP contribution < -0.4 is 17.2 Å². The van der Waals surface area contributed by atoms with Gasteiger partial charge in [-0.05, 0) is 17.8 Å². The zero-order chi connectivity index (χ0) is 12.7. The first-order valence-corrected chi connectivity index (χ1v) is 5.61. The van der Waals surface area contributed by atoms with Gasteiger partial charge in [0.25, 0.3) is 0 Å². The van der Waals surface area contributed by atoms with Crippen LogP contribution in [0.2, 0.25) is 0 Å². The maximum absolute atomic E-state index is 6.33. The molecule has 0 aliphatic heterocycles. The zero-order valence-corrected chi connectivity index (χ0v) is 11.4. The minimum absolute atomic E-state index is 0.0353. The van der Waals surface area contributed by atoms with Crippen molar-refractivity contribution in [1.29, 1.82) is 0 Å². The van der Waals surface area contributed by atoms with E-state index in [0.717, 1.165) is 0 Å². The summed E-state index contributed by atoms with van der Waals surface area (Å²) in [5.74, 6) is 0. The number of nitrogens with two attached hydrogens (primary N) is 3. The highest BCUT2D eigenvalue weighted by atomic mass is 14.9. The molecular formula is C12H29N3. The van der Waals surface area contributed by atoms with E-state index in [-0.39, 0.29) is 22.9 Å². The van der Waals surface area contributed by atoms with Crippen molar-refractivity contribution in [1.82, 2.24) is 0 Å². The van der Waals surface area contributed by atoms with E-state index >= 15 is 0 Å². The van der Waals surface area contributed by atoms with Crippen molar-refractivity contribution in [3.05, 3.63) is 0 Å². The Labute approximate surface area is 94.8 Å². The van der Waals surface area contributed by atoms with Crippen LogP contribution in [0.25, 0.3) is 0 Å². The lowest BCUT2D eigenvalue weighted by Gasteiger charge is -2.47. The largest absolute Gasteiger partial charge is 0.326 e. The monoisotopic (exact) mass is 215 g/mol. The minimum Gasteiger partial charge on any atom is -0.326 e. The normalized spacial score (nSPS) is 22.0. The summed E-state index contributed by atoms with van der Waals surface area (Å²) in [5.41, 5.74) is 18.1. The molecule has 0 saturated heterocycles. The predicted molar refractivity (Wildman–Crippen MR) is 67.5 cm³/mol. The Bertz CT molecular complexity index is 186. The molecule has 0 radical (unpaired) electrons. The molecule has 0 saturated carbocycles. The van der Waals surface area contributed by atoms with E-state index in [1.165, 1.54) is 0 Å². The van der Waals surface area contributed by atoms with Gasteiger partial charge in [0.2, 0.25) is 0 Å². The third kappa shape index (κ3) is 3.44. The smallest absolute Gasteiger partial charge is 0.0442 e. The molecule has 0 aromatic carbocycles. The van der Waals surface area contributed by atoms with Gasteiger partial charge >= 0.3 is 0 Å². The molecule has 0 spiro atoms. The van der Waals surface area contributed by atoms with Gasteiger partial charge in [-0.3, -0.25) is 0 Å². The van der Waals surface area contributed by atoms with Gasteiger partial charge in [0.15, 0.2) is 0 Å². The Balaban J connectivity index is 4.98. The fourth-order valence-electron chi connectivity index (χ4n) is 2.06. The van der Waals surface area contributed by atoms with Crippen molar-refractivity contribution >= 4 is 0 Å². The SMILES string of the molecule is CC(C)(C)C(N)C(C)(N)C(N)C(C)(C)C. The van der Waals surface area contributed by atoms with Gasteiger partial charge in [-0.25, -0.2) is 0 Å². The fourth-order valence-corrected chi connectivity index (χ4v) is 2.06. The van der Waals surface area contributed by atoms with E-state index in [9.17, 15) is 0 Å². The third-order valence-electron chi connectivity index (χ3n) is 3.21. The highest BCUT2D eigenvalue weighted by molar-refractivity contribution is 5.06. The molecule has 15 heavy (non-hydrogen) atoms. The van der Waals surface area contributed by atoms with Gasteiger partial charge in [-0.2, -0.15) is 0 Å². The van der Waals surface area contributed by atoms with Crippen molar-refractivity contribution < 1.29 is 0 Å². The average Bonchev–Trinajstić information content (AvgIpc) is 1.98. The Morgan fingerprint density at radius 3 is 1.00 bits per heavy atom. The molecule has 0 bridgehead atoms. The molecular weight excluding hydrogens is 186 g/mol. The Kier molecular flexibility index (Phi) is 4.01. The molecule has 0 fully saturated rings. The van der Waals surface area contributed by atoms with Crippen molar-refractivity contribution in [3.63, 3.8) is 0 Å². The van der Waals surface area contributed by atoms with Gasteiger partial charge < -0.3 is 17.2 Å². The third-order valence-corrected chi connectivity index (χ3v) is 3.21. The van der Waals surface area contributed by atoms with E-state index < -0.39 is 5.54 Å². The molecule has 0 rings (SSSR count). The van der Waals surface area contributed by atoms with Crippen LogP contribution in [-0.4, -0.2) is 17.6 Å². The molecule has 3 heteroatoms. The second kappa shape index (κ2) is 4.04. The number of rotatable bonds is 2. The van der Waals surface area contributed by atoms with E-state index in [1.807, 2.05) is 6.92 Å². The van der Waals surface area contributed by atoms with Crippen molar-refractivity contribution in [2.45, 2.75) is 66.1 Å². The van der Waals surface area contributed by atoms with Gasteiger partial charge in [-0.1, -0.05) is 41.5 Å². The first-order chi connectivity index (χ1) is 6.31. The Morgan fingerprint density at radius 2 is 0.867 bits per heavy atom. The molecule has 2 atom stereocenters.